The smallest absolute Gasteiger partial charge is 0.125 e. The third kappa shape index (κ3) is 2.45. The first kappa shape index (κ1) is 12.9. The number of fused-ring (bicyclic) bond motifs is 1. The topological polar surface area (TPSA) is 38.1 Å². The van der Waals surface area contributed by atoms with Gasteiger partial charge < -0.3 is 9.73 Å². The van der Waals surface area contributed by atoms with E-state index in [2.05, 4.69) is 35.4 Å². The predicted octanol–water partition coefficient (Wildman–Crippen LogP) is 3.99. The summed E-state index contributed by atoms with van der Waals surface area (Å²) in [6.45, 7) is 3.90. The second-order valence-electron chi connectivity index (χ2n) is 4.84. The minimum atomic E-state index is 0.749. The molecule has 102 valence electrons. The number of benzene rings is 1. The number of nitrogens with zero attached hydrogens (tertiary/aromatic N) is 1. The van der Waals surface area contributed by atoms with Crippen LogP contribution in [0.4, 0.5) is 0 Å². The van der Waals surface area contributed by atoms with Gasteiger partial charge in [-0.05, 0) is 24.4 Å². The normalized spacial score (nSPS) is 11.1. The lowest BCUT2D eigenvalue weighted by molar-refractivity contribution is 0.484. The molecule has 0 saturated carbocycles. The summed E-state index contributed by atoms with van der Waals surface area (Å²) >= 11 is 0. The minimum Gasteiger partial charge on any atom is -0.467 e. The van der Waals surface area contributed by atoms with E-state index in [0.29, 0.717) is 0 Å². The second kappa shape index (κ2) is 5.88. The molecule has 1 N–H and O–H groups in total. The summed E-state index contributed by atoms with van der Waals surface area (Å²) in [7, 11) is 0. The van der Waals surface area contributed by atoms with Crippen molar-refractivity contribution in [1.29, 1.82) is 0 Å². The van der Waals surface area contributed by atoms with Gasteiger partial charge in [-0.25, -0.2) is 0 Å². The second-order valence-corrected chi connectivity index (χ2v) is 4.84. The van der Waals surface area contributed by atoms with Crippen LogP contribution in [0.3, 0.4) is 0 Å². The third-order valence-electron chi connectivity index (χ3n) is 3.42. The maximum atomic E-state index is 5.62. The molecule has 0 aliphatic carbocycles. The predicted molar refractivity (Wildman–Crippen MR) is 81.4 cm³/mol. The van der Waals surface area contributed by atoms with Crippen molar-refractivity contribution < 1.29 is 4.42 Å². The van der Waals surface area contributed by atoms with Crippen LogP contribution in [0.2, 0.25) is 0 Å². The Morgan fingerprint density at radius 1 is 1.10 bits per heavy atom. The summed E-state index contributed by atoms with van der Waals surface area (Å²) in [5.74, 6) is 0.969. The Hall–Kier alpha value is -2.13. The van der Waals surface area contributed by atoms with Crippen LogP contribution in [0, 0.1) is 0 Å². The van der Waals surface area contributed by atoms with E-state index in [1.165, 1.54) is 5.39 Å². The van der Waals surface area contributed by atoms with Crippen LogP contribution >= 0.6 is 0 Å². The summed E-state index contributed by atoms with van der Waals surface area (Å²) in [5.41, 5.74) is 2.25. The summed E-state index contributed by atoms with van der Waals surface area (Å²) in [5, 5.41) is 5.74. The van der Waals surface area contributed by atoms with Gasteiger partial charge in [-0.1, -0.05) is 31.2 Å². The maximum Gasteiger partial charge on any atom is 0.125 e. The van der Waals surface area contributed by atoms with E-state index in [9.17, 15) is 0 Å². The van der Waals surface area contributed by atoms with E-state index in [1.54, 1.807) is 6.26 Å². The molecule has 0 spiro atoms. The number of furan rings is 1. The van der Waals surface area contributed by atoms with Crippen LogP contribution < -0.4 is 5.32 Å². The number of hydrogen-bond donors (Lipinski definition) is 1. The van der Waals surface area contributed by atoms with Crippen molar-refractivity contribution >= 4 is 10.8 Å². The number of aromatic nitrogens is 1. The molecule has 0 atom stereocenters. The van der Waals surface area contributed by atoms with Gasteiger partial charge in [0.2, 0.25) is 0 Å². The molecule has 0 unspecified atom stereocenters. The van der Waals surface area contributed by atoms with E-state index in [4.69, 9.17) is 4.42 Å². The lowest BCUT2D eigenvalue weighted by Gasteiger charge is -2.07. The van der Waals surface area contributed by atoms with Crippen molar-refractivity contribution in [2.45, 2.75) is 19.9 Å². The highest BCUT2D eigenvalue weighted by Gasteiger charge is 2.11. The maximum absolute atomic E-state index is 5.62. The average Bonchev–Trinajstić information content (AvgIpc) is 2.95. The zero-order valence-corrected chi connectivity index (χ0v) is 11.6. The van der Waals surface area contributed by atoms with E-state index in [-0.39, 0.29) is 0 Å². The van der Waals surface area contributed by atoms with Crippen LogP contribution in [0.15, 0.2) is 53.4 Å². The summed E-state index contributed by atoms with van der Waals surface area (Å²) in [4.78, 5) is 4.34. The van der Waals surface area contributed by atoms with Gasteiger partial charge in [0.15, 0.2) is 0 Å². The van der Waals surface area contributed by atoms with Crippen molar-refractivity contribution in [2.75, 3.05) is 6.54 Å². The quantitative estimate of drug-likeness (QED) is 0.709. The van der Waals surface area contributed by atoms with Gasteiger partial charge in [0.1, 0.15) is 5.76 Å². The molecule has 2 heterocycles. The summed E-state index contributed by atoms with van der Waals surface area (Å²) in [6.07, 6.45) is 6.68. The molecular formula is C17H18N2O. The molecule has 0 bridgehead atoms. The molecule has 20 heavy (non-hydrogen) atoms. The zero-order chi connectivity index (χ0) is 13.8. The molecule has 0 aliphatic rings. The van der Waals surface area contributed by atoms with Gasteiger partial charge in [0, 0.05) is 28.9 Å². The number of rotatable bonds is 5. The number of pyridine rings is 1. The Bertz CT molecular complexity index is 698. The zero-order valence-electron chi connectivity index (χ0n) is 11.6. The molecule has 0 fully saturated rings. The van der Waals surface area contributed by atoms with Crippen LogP contribution in [-0.2, 0) is 6.54 Å². The van der Waals surface area contributed by atoms with Crippen LogP contribution in [0.25, 0.3) is 21.9 Å². The van der Waals surface area contributed by atoms with Gasteiger partial charge >= 0.3 is 0 Å². The Morgan fingerprint density at radius 2 is 2.00 bits per heavy atom. The largest absolute Gasteiger partial charge is 0.467 e. The number of nitrogens with one attached hydrogen (secondary N) is 1. The fourth-order valence-corrected chi connectivity index (χ4v) is 2.43. The van der Waals surface area contributed by atoms with Crippen molar-refractivity contribution in [1.82, 2.24) is 10.3 Å². The molecule has 0 aliphatic heterocycles. The average molecular weight is 266 g/mol. The van der Waals surface area contributed by atoms with E-state index < -0.39 is 0 Å². The van der Waals surface area contributed by atoms with E-state index in [0.717, 1.165) is 41.8 Å². The van der Waals surface area contributed by atoms with Gasteiger partial charge in [-0.3, -0.25) is 4.98 Å². The molecule has 3 rings (SSSR count). The van der Waals surface area contributed by atoms with E-state index in [1.807, 2.05) is 24.5 Å². The molecular weight excluding hydrogens is 248 g/mol. The first-order chi connectivity index (χ1) is 9.90. The fourth-order valence-electron chi connectivity index (χ4n) is 2.43. The molecule has 0 amide bonds. The van der Waals surface area contributed by atoms with Crippen LogP contribution in [-0.4, -0.2) is 11.5 Å². The summed E-state index contributed by atoms with van der Waals surface area (Å²) in [6, 6.07) is 10.3. The van der Waals surface area contributed by atoms with E-state index >= 15 is 0 Å². The Labute approximate surface area is 118 Å². The monoisotopic (exact) mass is 266 g/mol. The highest BCUT2D eigenvalue weighted by atomic mass is 16.3. The molecule has 3 aromatic rings. The van der Waals surface area contributed by atoms with Crippen molar-refractivity contribution in [3.8, 4) is 11.1 Å². The van der Waals surface area contributed by atoms with Crippen LogP contribution in [0.1, 0.15) is 19.1 Å². The van der Waals surface area contributed by atoms with Gasteiger partial charge in [-0.2, -0.15) is 0 Å². The highest BCUT2D eigenvalue weighted by Crippen LogP contribution is 2.30. The van der Waals surface area contributed by atoms with Crippen LogP contribution in [0.5, 0.6) is 0 Å². The lowest BCUT2D eigenvalue weighted by Crippen LogP contribution is -2.13. The lowest BCUT2D eigenvalue weighted by atomic mass is 10.0. The molecule has 2 aromatic heterocycles. The first-order valence-electron chi connectivity index (χ1n) is 7.00. The third-order valence-corrected chi connectivity index (χ3v) is 3.42. The van der Waals surface area contributed by atoms with Gasteiger partial charge in [0.25, 0.3) is 0 Å². The Kier molecular flexibility index (Phi) is 3.79. The number of hydrogen-bond acceptors (Lipinski definition) is 3. The highest BCUT2D eigenvalue weighted by molar-refractivity contribution is 5.96. The minimum absolute atomic E-state index is 0.749. The van der Waals surface area contributed by atoms with Crippen molar-refractivity contribution in [3.63, 3.8) is 0 Å². The van der Waals surface area contributed by atoms with Crippen molar-refractivity contribution in [3.05, 3.63) is 54.7 Å². The Balaban J connectivity index is 2.01. The molecule has 3 heteroatoms. The first-order valence-corrected chi connectivity index (χ1v) is 7.00. The Morgan fingerprint density at radius 3 is 2.90 bits per heavy atom. The molecule has 1 aromatic carbocycles. The fraction of sp³-hybridized carbons (Fsp3) is 0.235. The summed E-state index contributed by atoms with van der Waals surface area (Å²) < 4.78 is 5.62. The standard InChI is InChI=1S/C17H18N2O/c1-2-8-18-12-17-15(7-9-20-17)16-11-19-10-13-5-3-4-6-14(13)16/h3-7,9-11,18H,2,8,12H2,1H3. The molecule has 0 saturated heterocycles. The SMILES string of the molecule is CCCNCc1occc1-c1cncc2ccccc12. The molecule has 0 radical (unpaired) electrons. The van der Waals surface area contributed by atoms with Gasteiger partial charge in [0.05, 0.1) is 12.8 Å². The van der Waals surface area contributed by atoms with Crippen molar-refractivity contribution in [2.24, 2.45) is 0 Å². The molecule has 3 nitrogen and oxygen atoms in total. The van der Waals surface area contributed by atoms with Gasteiger partial charge in [-0.15, -0.1) is 0 Å².